The van der Waals surface area contributed by atoms with Gasteiger partial charge in [0.25, 0.3) is 0 Å². The molecule has 0 aliphatic carbocycles. The molecule has 2 N–H and O–H groups in total. The third-order valence-corrected chi connectivity index (χ3v) is 3.42. The summed E-state index contributed by atoms with van der Waals surface area (Å²) in [4.78, 5) is 0. The van der Waals surface area contributed by atoms with Crippen LogP contribution in [0.2, 0.25) is 0 Å². The molecule has 0 aromatic heterocycles. The summed E-state index contributed by atoms with van der Waals surface area (Å²) >= 11 is 0. The van der Waals surface area contributed by atoms with Crippen LogP contribution in [-0.2, 0) is 6.18 Å². The highest BCUT2D eigenvalue weighted by atomic mass is 19.4. The van der Waals surface area contributed by atoms with Crippen molar-refractivity contribution in [3.05, 3.63) is 70.0 Å². The highest BCUT2D eigenvalue weighted by Crippen LogP contribution is 2.33. The van der Waals surface area contributed by atoms with E-state index in [1.165, 1.54) is 6.07 Å². The second-order valence-corrected chi connectivity index (χ2v) is 5.07. The fraction of sp³-hybridized carbons (Fsp3) is 0.250. The molecule has 2 aromatic rings. The maximum absolute atomic E-state index is 13.6. The minimum atomic E-state index is -4.70. The van der Waals surface area contributed by atoms with E-state index < -0.39 is 23.6 Å². The summed E-state index contributed by atoms with van der Waals surface area (Å²) in [6.07, 6.45) is -4.70. The van der Waals surface area contributed by atoms with Crippen molar-refractivity contribution in [2.75, 3.05) is 0 Å². The van der Waals surface area contributed by atoms with Crippen LogP contribution in [0.3, 0.4) is 0 Å². The first-order valence-electron chi connectivity index (χ1n) is 6.39. The lowest BCUT2D eigenvalue weighted by molar-refractivity contribution is -0.140. The van der Waals surface area contributed by atoms with Crippen LogP contribution < -0.4 is 5.73 Å². The third kappa shape index (κ3) is 3.24. The average Bonchev–Trinajstić information content (AvgIpc) is 2.36. The minimum absolute atomic E-state index is 0.312. The third-order valence-electron chi connectivity index (χ3n) is 3.42. The molecule has 0 bridgehead atoms. The molecule has 0 radical (unpaired) electrons. The number of rotatable bonds is 2. The number of benzene rings is 2. The van der Waals surface area contributed by atoms with E-state index in [-0.39, 0.29) is 0 Å². The van der Waals surface area contributed by atoms with Gasteiger partial charge in [0.15, 0.2) is 0 Å². The topological polar surface area (TPSA) is 26.0 Å². The Labute approximate surface area is 120 Å². The highest BCUT2D eigenvalue weighted by Gasteiger charge is 2.34. The van der Waals surface area contributed by atoms with Gasteiger partial charge in [-0.1, -0.05) is 29.8 Å². The largest absolute Gasteiger partial charge is 0.419 e. The van der Waals surface area contributed by atoms with E-state index in [2.05, 4.69) is 0 Å². The van der Waals surface area contributed by atoms with E-state index in [0.29, 0.717) is 5.56 Å². The quantitative estimate of drug-likeness (QED) is 0.811. The molecule has 2 rings (SSSR count). The summed E-state index contributed by atoms with van der Waals surface area (Å²) in [5.41, 5.74) is 7.82. The van der Waals surface area contributed by atoms with Gasteiger partial charge in [0.2, 0.25) is 0 Å². The van der Waals surface area contributed by atoms with Crippen LogP contribution in [-0.4, -0.2) is 0 Å². The molecule has 0 saturated heterocycles. The number of nitrogens with two attached hydrogens (primary N) is 1. The van der Waals surface area contributed by atoms with Crippen molar-refractivity contribution in [2.24, 2.45) is 5.73 Å². The van der Waals surface area contributed by atoms with Gasteiger partial charge in [-0.2, -0.15) is 13.2 Å². The Hall–Kier alpha value is -1.88. The zero-order valence-corrected chi connectivity index (χ0v) is 11.6. The molecule has 0 heterocycles. The number of halogens is 4. The van der Waals surface area contributed by atoms with Crippen molar-refractivity contribution in [3.63, 3.8) is 0 Å². The Morgan fingerprint density at radius 3 is 2.19 bits per heavy atom. The first-order chi connectivity index (χ1) is 9.70. The smallest absolute Gasteiger partial charge is 0.320 e. The van der Waals surface area contributed by atoms with Gasteiger partial charge < -0.3 is 5.73 Å². The molecule has 2 aromatic carbocycles. The summed E-state index contributed by atoms with van der Waals surface area (Å²) in [6, 6.07) is 7.74. The summed E-state index contributed by atoms with van der Waals surface area (Å²) in [7, 11) is 0. The molecule has 0 aliphatic rings. The Balaban J connectivity index is 2.40. The van der Waals surface area contributed by atoms with Gasteiger partial charge in [-0.05, 0) is 42.7 Å². The van der Waals surface area contributed by atoms with Crippen molar-refractivity contribution in [1.82, 2.24) is 0 Å². The van der Waals surface area contributed by atoms with Crippen molar-refractivity contribution in [1.29, 1.82) is 0 Å². The SMILES string of the molecule is Cc1ccc(C(N)c2ccc(C(F)(F)F)c(F)c2)c(C)c1. The lowest BCUT2D eigenvalue weighted by Gasteiger charge is -2.17. The summed E-state index contributed by atoms with van der Waals surface area (Å²) in [6.45, 7) is 3.79. The second kappa shape index (κ2) is 5.48. The summed E-state index contributed by atoms with van der Waals surface area (Å²) < 4.78 is 51.2. The predicted molar refractivity (Wildman–Crippen MR) is 73.3 cm³/mol. The predicted octanol–water partition coefficient (Wildman–Crippen LogP) is 4.51. The Morgan fingerprint density at radius 2 is 1.67 bits per heavy atom. The van der Waals surface area contributed by atoms with Crippen molar-refractivity contribution < 1.29 is 17.6 Å². The molecule has 1 unspecified atom stereocenters. The van der Waals surface area contributed by atoms with Gasteiger partial charge in [-0.25, -0.2) is 4.39 Å². The molecule has 0 fully saturated rings. The Bertz CT molecular complexity index is 662. The number of hydrogen-bond donors (Lipinski definition) is 1. The lowest BCUT2D eigenvalue weighted by atomic mass is 9.94. The fourth-order valence-electron chi connectivity index (χ4n) is 2.31. The normalized spacial score (nSPS) is 13.3. The Kier molecular flexibility index (Phi) is 4.05. The molecule has 0 spiro atoms. The monoisotopic (exact) mass is 297 g/mol. The molecule has 0 amide bonds. The van der Waals surface area contributed by atoms with Gasteiger partial charge in [0.1, 0.15) is 5.82 Å². The first kappa shape index (κ1) is 15.5. The van der Waals surface area contributed by atoms with Crippen LogP contribution in [0.15, 0.2) is 36.4 Å². The lowest BCUT2D eigenvalue weighted by Crippen LogP contribution is -2.15. The van der Waals surface area contributed by atoms with E-state index in [4.69, 9.17) is 5.73 Å². The second-order valence-electron chi connectivity index (χ2n) is 5.07. The zero-order chi connectivity index (χ0) is 15.8. The van der Waals surface area contributed by atoms with E-state index in [9.17, 15) is 17.6 Å². The molecule has 0 saturated carbocycles. The molecular formula is C16H15F4N. The number of aryl methyl sites for hydroxylation is 2. The number of hydrogen-bond acceptors (Lipinski definition) is 1. The molecule has 112 valence electrons. The van der Waals surface area contributed by atoms with Crippen LogP contribution in [0.4, 0.5) is 17.6 Å². The molecule has 0 aliphatic heterocycles. The van der Waals surface area contributed by atoms with E-state index in [0.717, 1.165) is 28.8 Å². The van der Waals surface area contributed by atoms with Gasteiger partial charge in [-0.3, -0.25) is 0 Å². The van der Waals surface area contributed by atoms with E-state index in [1.54, 1.807) is 0 Å². The molecule has 1 nitrogen and oxygen atoms in total. The van der Waals surface area contributed by atoms with Crippen LogP contribution in [0, 0.1) is 19.7 Å². The van der Waals surface area contributed by atoms with Crippen LogP contribution in [0.5, 0.6) is 0 Å². The van der Waals surface area contributed by atoms with Crippen molar-refractivity contribution in [3.8, 4) is 0 Å². The molecule has 1 atom stereocenters. The summed E-state index contributed by atoms with van der Waals surface area (Å²) in [5.74, 6) is -1.31. The van der Waals surface area contributed by atoms with Crippen LogP contribution in [0.25, 0.3) is 0 Å². The van der Waals surface area contributed by atoms with E-state index in [1.807, 2.05) is 32.0 Å². The molecule has 5 heteroatoms. The van der Waals surface area contributed by atoms with Gasteiger partial charge in [0, 0.05) is 0 Å². The number of alkyl halides is 3. The van der Waals surface area contributed by atoms with Gasteiger partial charge in [0.05, 0.1) is 11.6 Å². The van der Waals surface area contributed by atoms with Crippen molar-refractivity contribution in [2.45, 2.75) is 26.1 Å². The summed E-state index contributed by atoms with van der Waals surface area (Å²) in [5, 5.41) is 0. The molecular weight excluding hydrogens is 282 g/mol. The highest BCUT2D eigenvalue weighted by molar-refractivity contribution is 5.39. The molecule has 21 heavy (non-hydrogen) atoms. The maximum atomic E-state index is 13.6. The van der Waals surface area contributed by atoms with Crippen LogP contribution >= 0.6 is 0 Å². The van der Waals surface area contributed by atoms with Gasteiger partial charge >= 0.3 is 6.18 Å². The average molecular weight is 297 g/mol. The van der Waals surface area contributed by atoms with E-state index >= 15 is 0 Å². The standard InChI is InChI=1S/C16H15F4N/c1-9-3-5-12(10(2)7-9)15(21)11-4-6-13(14(17)8-11)16(18,19)20/h3-8,15H,21H2,1-2H3. The van der Waals surface area contributed by atoms with Gasteiger partial charge in [-0.15, -0.1) is 0 Å². The fourth-order valence-corrected chi connectivity index (χ4v) is 2.31. The maximum Gasteiger partial charge on any atom is 0.419 e. The minimum Gasteiger partial charge on any atom is -0.320 e. The van der Waals surface area contributed by atoms with Crippen molar-refractivity contribution >= 4 is 0 Å². The first-order valence-corrected chi connectivity index (χ1v) is 6.39. The zero-order valence-electron chi connectivity index (χ0n) is 11.6. The van der Waals surface area contributed by atoms with Crippen LogP contribution in [0.1, 0.15) is 33.9 Å². The Morgan fingerprint density at radius 1 is 1.00 bits per heavy atom.